The molecule has 0 aliphatic rings. The molecule has 0 unspecified atom stereocenters. The smallest absolute Gasteiger partial charge is 0.317 e. The van der Waals surface area contributed by atoms with Crippen LogP contribution in [-0.4, -0.2) is 75.3 Å². The summed E-state index contributed by atoms with van der Waals surface area (Å²) in [6, 6.07) is 0.197. The third kappa shape index (κ3) is 10.5. The zero-order valence-corrected chi connectivity index (χ0v) is 11.6. The monoisotopic (exact) mass is 263 g/mol. The van der Waals surface area contributed by atoms with Gasteiger partial charge in [-0.05, 0) is 13.8 Å². The van der Waals surface area contributed by atoms with Crippen LogP contribution in [0.4, 0.5) is 0 Å². The first kappa shape index (κ1) is 17.3. The van der Waals surface area contributed by atoms with Crippen molar-refractivity contribution in [3.63, 3.8) is 0 Å². The van der Waals surface area contributed by atoms with Crippen molar-refractivity contribution in [1.29, 1.82) is 0 Å². The highest BCUT2D eigenvalue weighted by molar-refractivity contribution is 5.69. The molecule has 0 heterocycles. The molecule has 0 saturated carbocycles. The Balaban J connectivity index is 3.46. The Morgan fingerprint density at radius 2 is 1.67 bits per heavy atom. The van der Waals surface area contributed by atoms with E-state index >= 15 is 0 Å². The molecule has 0 fully saturated rings. The van der Waals surface area contributed by atoms with E-state index in [2.05, 4.69) is 0 Å². The fourth-order valence-electron chi connectivity index (χ4n) is 1.34. The van der Waals surface area contributed by atoms with Crippen molar-refractivity contribution < 1.29 is 24.1 Å². The number of carboxylic acids is 1. The van der Waals surface area contributed by atoms with Crippen LogP contribution in [0.1, 0.15) is 13.8 Å². The fraction of sp³-hybridized carbons (Fsp3) is 0.917. The summed E-state index contributed by atoms with van der Waals surface area (Å²) in [5, 5.41) is 8.74. The number of rotatable bonds is 12. The molecule has 108 valence electrons. The molecule has 0 aliphatic carbocycles. The van der Waals surface area contributed by atoms with Crippen LogP contribution in [0.15, 0.2) is 0 Å². The molecular formula is C12H25NO5. The van der Waals surface area contributed by atoms with E-state index in [1.54, 1.807) is 7.11 Å². The SMILES string of the molecule is COCCOCCOCCN(CC(=O)O)C(C)C. The van der Waals surface area contributed by atoms with Crippen molar-refractivity contribution in [2.24, 2.45) is 0 Å². The third-order valence-electron chi connectivity index (χ3n) is 2.40. The number of hydrogen-bond acceptors (Lipinski definition) is 5. The molecule has 0 aromatic carbocycles. The van der Waals surface area contributed by atoms with Crippen LogP contribution in [0.2, 0.25) is 0 Å². The molecule has 0 aromatic rings. The van der Waals surface area contributed by atoms with Crippen molar-refractivity contribution in [2.45, 2.75) is 19.9 Å². The van der Waals surface area contributed by atoms with Gasteiger partial charge < -0.3 is 19.3 Å². The van der Waals surface area contributed by atoms with Gasteiger partial charge in [0.2, 0.25) is 0 Å². The van der Waals surface area contributed by atoms with E-state index in [4.69, 9.17) is 19.3 Å². The molecular weight excluding hydrogens is 238 g/mol. The van der Waals surface area contributed by atoms with E-state index in [1.165, 1.54) is 0 Å². The normalized spacial score (nSPS) is 11.4. The molecule has 1 N–H and O–H groups in total. The predicted octanol–water partition coefficient (Wildman–Crippen LogP) is 0.461. The third-order valence-corrected chi connectivity index (χ3v) is 2.40. The van der Waals surface area contributed by atoms with Crippen LogP contribution >= 0.6 is 0 Å². The molecule has 0 bridgehead atoms. The highest BCUT2D eigenvalue weighted by Gasteiger charge is 2.12. The molecule has 0 spiro atoms. The van der Waals surface area contributed by atoms with Gasteiger partial charge in [0.1, 0.15) is 0 Å². The summed E-state index contributed by atoms with van der Waals surface area (Å²) in [7, 11) is 1.63. The van der Waals surface area contributed by atoms with Crippen LogP contribution in [0.25, 0.3) is 0 Å². The molecule has 18 heavy (non-hydrogen) atoms. The van der Waals surface area contributed by atoms with Gasteiger partial charge in [-0.1, -0.05) is 0 Å². The van der Waals surface area contributed by atoms with Gasteiger partial charge in [0.05, 0.1) is 39.6 Å². The largest absolute Gasteiger partial charge is 0.480 e. The van der Waals surface area contributed by atoms with E-state index in [1.807, 2.05) is 18.7 Å². The van der Waals surface area contributed by atoms with Crippen molar-refractivity contribution in [3.05, 3.63) is 0 Å². The van der Waals surface area contributed by atoms with Gasteiger partial charge in [0.25, 0.3) is 0 Å². The fourth-order valence-corrected chi connectivity index (χ4v) is 1.34. The second-order valence-corrected chi connectivity index (χ2v) is 4.18. The highest BCUT2D eigenvalue weighted by Crippen LogP contribution is 1.97. The van der Waals surface area contributed by atoms with Crippen molar-refractivity contribution in [1.82, 2.24) is 4.90 Å². The van der Waals surface area contributed by atoms with E-state index in [-0.39, 0.29) is 12.6 Å². The molecule has 6 nitrogen and oxygen atoms in total. The molecule has 0 aliphatic heterocycles. The maximum absolute atomic E-state index is 10.6. The summed E-state index contributed by atoms with van der Waals surface area (Å²) in [6.07, 6.45) is 0. The van der Waals surface area contributed by atoms with E-state index in [0.29, 0.717) is 39.6 Å². The molecule has 0 saturated heterocycles. The van der Waals surface area contributed by atoms with Crippen LogP contribution in [0.5, 0.6) is 0 Å². The Kier molecular flexibility index (Phi) is 11.0. The maximum atomic E-state index is 10.6. The quantitative estimate of drug-likeness (QED) is 0.516. The second kappa shape index (κ2) is 11.4. The Labute approximate surface area is 109 Å². The topological polar surface area (TPSA) is 68.2 Å². The first-order chi connectivity index (χ1) is 8.57. The van der Waals surface area contributed by atoms with Crippen LogP contribution in [0, 0.1) is 0 Å². The summed E-state index contributed by atoms with van der Waals surface area (Å²) in [5.74, 6) is -0.813. The Morgan fingerprint density at radius 3 is 2.17 bits per heavy atom. The van der Waals surface area contributed by atoms with Crippen molar-refractivity contribution in [2.75, 3.05) is 53.2 Å². The summed E-state index contributed by atoms with van der Waals surface area (Å²) in [6.45, 7) is 7.31. The number of carbonyl (C=O) groups is 1. The van der Waals surface area contributed by atoms with Gasteiger partial charge in [0.15, 0.2) is 0 Å². The first-order valence-corrected chi connectivity index (χ1v) is 6.18. The van der Waals surface area contributed by atoms with Gasteiger partial charge >= 0.3 is 5.97 Å². The summed E-state index contributed by atoms with van der Waals surface area (Å²) < 4.78 is 15.4. The first-order valence-electron chi connectivity index (χ1n) is 6.18. The number of nitrogens with zero attached hydrogens (tertiary/aromatic N) is 1. The number of methoxy groups -OCH3 is 1. The van der Waals surface area contributed by atoms with E-state index < -0.39 is 5.97 Å². The highest BCUT2D eigenvalue weighted by atomic mass is 16.5. The van der Waals surface area contributed by atoms with Gasteiger partial charge in [-0.25, -0.2) is 0 Å². The lowest BCUT2D eigenvalue weighted by Gasteiger charge is -2.24. The van der Waals surface area contributed by atoms with Gasteiger partial charge in [0, 0.05) is 19.7 Å². The molecule has 0 radical (unpaired) electrons. The maximum Gasteiger partial charge on any atom is 0.317 e. The number of hydrogen-bond donors (Lipinski definition) is 1. The van der Waals surface area contributed by atoms with Crippen molar-refractivity contribution >= 4 is 5.97 Å². The second-order valence-electron chi connectivity index (χ2n) is 4.18. The lowest BCUT2D eigenvalue weighted by Crippen LogP contribution is -2.38. The average molecular weight is 263 g/mol. The Morgan fingerprint density at radius 1 is 1.11 bits per heavy atom. The lowest BCUT2D eigenvalue weighted by atomic mass is 10.3. The Bertz CT molecular complexity index is 211. The molecule has 6 heteroatoms. The Hall–Kier alpha value is -0.690. The van der Waals surface area contributed by atoms with E-state index in [0.717, 1.165) is 0 Å². The molecule has 0 rings (SSSR count). The van der Waals surface area contributed by atoms with E-state index in [9.17, 15) is 4.79 Å². The minimum Gasteiger partial charge on any atom is -0.480 e. The summed E-state index contributed by atoms with van der Waals surface area (Å²) in [5.41, 5.74) is 0. The zero-order valence-electron chi connectivity index (χ0n) is 11.6. The lowest BCUT2D eigenvalue weighted by molar-refractivity contribution is -0.139. The van der Waals surface area contributed by atoms with Gasteiger partial charge in [-0.2, -0.15) is 0 Å². The van der Waals surface area contributed by atoms with Crippen molar-refractivity contribution in [3.8, 4) is 0 Å². The average Bonchev–Trinajstić information content (AvgIpc) is 2.30. The number of carboxylic acid groups (broad SMARTS) is 1. The van der Waals surface area contributed by atoms with Gasteiger partial charge in [-0.15, -0.1) is 0 Å². The predicted molar refractivity (Wildman–Crippen MR) is 67.9 cm³/mol. The number of aliphatic carboxylic acids is 1. The molecule has 0 aromatic heterocycles. The minimum atomic E-state index is -0.813. The zero-order chi connectivity index (χ0) is 13.8. The molecule has 0 amide bonds. The summed E-state index contributed by atoms with van der Waals surface area (Å²) in [4.78, 5) is 12.5. The van der Waals surface area contributed by atoms with Crippen LogP contribution in [-0.2, 0) is 19.0 Å². The minimum absolute atomic E-state index is 0.0470. The summed E-state index contributed by atoms with van der Waals surface area (Å²) >= 11 is 0. The van der Waals surface area contributed by atoms with Gasteiger partial charge in [-0.3, -0.25) is 9.69 Å². The van der Waals surface area contributed by atoms with Crippen LogP contribution < -0.4 is 0 Å². The number of ether oxygens (including phenoxy) is 3. The standard InChI is InChI=1S/C12H25NO5/c1-11(2)13(10-12(14)15)4-5-17-8-9-18-7-6-16-3/h11H,4-10H2,1-3H3,(H,14,15). The molecule has 0 atom stereocenters. The van der Waals surface area contributed by atoms with Crippen LogP contribution in [0.3, 0.4) is 0 Å².